The van der Waals surface area contributed by atoms with E-state index in [4.69, 9.17) is 0 Å². The molecule has 4 atom stereocenters. The lowest BCUT2D eigenvalue weighted by molar-refractivity contribution is 0.520. The monoisotopic (exact) mass is 296 g/mol. The van der Waals surface area contributed by atoms with E-state index in [-0.39, 0.29) is 0 Å². The van der Waals surface area contributed by atoms with Crippen molar-refractivity contribution in [2.45, 2.75) is 49.0 Å². The van der Waals surface area contributed by atoms with Gasteiger partial charge >= 0.3 is 0 Å². The molecule has 0 saturated carbocycles. The Morgan fingerprint density at radius 3 is 2.68 bits per heavy atom. The minimum absolute atomic E-state index is 0.569. The summed E-state index contributed by atoms with van der Waals surface area (Å²) >= 11 is 4.29. The van der Waals surface area contributed by atoms with Gasteiger partial charge in [-0.25, -0.2) is 0 Å². The van der Waals surface area contributed by atoms with Crippen molar-refractivity contribution >= 4 is 23.5 Å². The van der Waals surface area contributed by atoms with Crippen LogP contribution in [-0.2, 0) is 6.42 Å². The van der Waals surface area contributed by atoms with E-state index < -0.39 is 0 Å². The number of pyridine rings is 1. The first-order valence-corrected chi connectivity index (χ1v) is 9.09. The quantitative estimate of drug-likeness (QED) is 0.902. The summed E-state index contributed by atoms with van der Waals surface area (Å²) in [5.74, 6) is 1.26. The molecule has 0 amide bonds. The highest BCUT2D eigenvalue weighted by Gasteiger charge is 2.30. The summed E-state index contributed by atoms with van der Waals surface area (Å²) in [4.78, 5) is 4.10. The SMILES string of the molecule is CCNC(Cc1ccncc1)C1CSC(C)C(C)S1. The van der Waals surface area contributed by atoms with Crippen LogP contribution in [0.15, 0.2) is 24.5 Å². The van der Waals surface area contributed by atoms with Gasteiger partial charge < -0.3 is 5.32 Å². The first-order chi connectivity index (χ1) is 9.20. The Labute approximate surface area is 125 Å². The van der Waals surface area contributed by atoms with Gasteiger partial charge in [0.05, 0.1) is 0 Å². The first-order valence-electron chi connectivity index (χ1n) is 7.10. The highest BCUT2D eigenvalue weighted by Crippen LogP contribution is 2.37. The Morgan fingerprint density at radius 1 is 1.32 bits per heavy atom. The van der Waals surface area contributed by atoms with Crippen molar-refractivity contribution in [1.29, 1.82) is 0 Å². The number of thioether (sulfide) groups is 2. The zero-order valence-electron chi connectivity index (χ0n) is 12.0. The van der Waals surface area contributed by atoms with E-state index in [1.807, 2.05) is 12.4 Å². The van der Waals surface area contributed by atoms with E-state index in [2.05, 4.69) is 66.7 Å². The van der Waals surface area contributed by atoms with Crippen LogP contribution in [0.5, 0.6) is 0 Å². The molecule has 1 aromatic rings. The highest BCUT2D eigenvalue weighted by molar-refractivity contribution is 8.07. The maximum Gasteiger partial charge on any atom is 0.0298 e. The molecular weight excluding hydrogens is 272 g/mol. The van der Waals surface area contributed by atoms with Crippen molar-refractivity contribution in [3.8, 4) is 0 Å². The molecule has 1 aliphatic heterocycles. The average molecular weight is 297 g/mol. The van der Waals surface area contributed by atoms with Crippen molar-refractivity contribution in [2.24, 2.45) is 0 Å². The van der Waals surface area contributed by atoms with Crippen LogP contribution in [0.3, 0.4) is 0 Å². The smallest absolute Gasteiger partial charge is 0.0298 e. The standard InChI is InChI=1S/C15H24N2S2/c1-4-17-14(9-13-5-7-16-8-6-13)15-10-18-11(2)12(3)19-15/h5-8,11-12,14-15,17H,4,9-10H2,1-3H3. The third kappa shape index (κ3) is 4.40. The summed E-state index contributed by atoms with van der Waals surface area (Å²) in [7, 11) is 0. The van der Waals surface area contributed by atoms with Gasteiger partial charge in [-0.2, -0.15) is 23.5 Å². The van der Waals surface area contributed by atoms with Crippen LogP contribution in [0.1, 0.15) is 26.3 Å². The predicted molar refractivity (Wildman–Crippen MR) is 88.2 cm³/mol. The Kier molecular flexibility index (Phi) is 6.05. The molecule has 1 aliphatic rings. The number of aromatic nitrogens is 1. The molecule has 0 spiro atoms. The molecule has 0 aromatic carbocycles. The maximum atomic E-state index is 4.10. The summed E-state index contributed by atoms with van der Waals surface area (Å²) < 4.78 is 0. The molecule has 19 heavy (non-hydrogen) atoms. The number of nitrogens with one attached hydrogen (secondary N) is 1. The van der Waals surface area contributed by atoms with E-state index in [0.29, 0.717) is 11.3 Å². The lowest BCUT2D eigenvalue weighted by Gasteiger charge is -2.36. The van der Waals surface area contributed by atoms with Crippen molar-refractivity contribution in [2.75, 3.05) is 12.3 Å². The average Bonchev–Trinajstić information content (AvgIpc) is 2.43. The number of hydrogen-bond donors (Lipinski definition) is 1. The molecule has 1 aromatic heterocycles. The Hall–Kier alpha value is -0.190. The third-order valence-electron chi connectivity index (χ3n) is 3.69. The van der Waals surface area contributed by atoms with E-state index in [1.165, 1.54) is 11.3 Å². The van der Waals surface area contributed by atoms with Gasteiger partial charge in [-0.1, -0.05) is 20.8 Å². The zero-order chi connectivity index (χ0) is 13.7. The van der Waals surface area contributed by atoms with Gasteiger partial charge in [-0.05, 0) is 30.7 Å². The topological polar surface area (TPSA) is 24.9 Å². The van der Waals surface area contributed by atoms with Crippen LogP contribution in [0.2, 0.25) is 0 Å². The first kappa shape index (κ1) is 15.2. The minimum atomic E-state index is 0.569. The zero-order valence-corrected chi connectivity index (χ0v) is 13.6. The van der Waals surface area contributed by atoms with Gasteiger partial charge in [-0.3, -0.25) is 4.98 Å². The van der Waals surface area contributed by atoms with Gasteiger partial charge in [0, 0.05) is 39.9 Å². The lowest BCUT2D eigenvalue weighted by Crippen LogP contribution is -2.44. The molecule has 0 radical (unpaired) electrons. The van der Waals surface area contributed by atoms with Crippen molar-refractivity contribution in [1.82, 2.24) is 10.3 Å². The molecule has 1 N–H and O–H groups in total. The van der Waals surface area contributed by atoms with Gasteiger partial charge in [0.15, 0.2) is 0 Å². The molecule has 2 nitrogen and oxygen atoms in total. The second kappa shape index (κ2) is 7.55. The summed E-state index contributed by atoms with van der Waals surface area (Å²) in [6.45, 7) is 7.96. The Bertz CT molecular complexity index is 372. The van der Waals surface area contributed by atoms with Gasteiger partial charge in [0.2, 0.25) is 0 Å². The van der Waals surface area contributed by atoms with Crippen LogP contribution in [-0.4, -0.2) is 39.1 Å². The molecule has 1 fully saturated rings. The fourth-order valence-corrected chi connectivity index (χ4v) is 5.52. The lowest BCUT2D eigenvalue weighted by atomic mass is 10.0. The van der Waals surface area contributed by atoms with E-state index >= 15 is 0 Å². The van der Waals surface area contributed by atoms with E-state index in [0.717, 1.165) is 23.5 Å². The normalized spacial score (nSPS) is 29.1. The number of hydrogen-bond acceptors (Lipinski definition) is 4. The maximum absolute atomic E-state index is 4.10. The van der Waals surface area contributed by atoms with Crippen LogP contribution >= 0.6 is 23.5 Å². The molecule has 4 unspecified atom stereocenters. The molecule has 0 bridgehead atoms. The van der Waals surface area contributed by atoms with Crippen molar-refractivity contribution in [3.05, 3.63) is 30.1 Å². The van der Waals surface area contributed by atoms with Crippen molar-refractivity contribution in [3.63, 3.8) is 0 Å². The molecule has 2 rings (SSSR count). The van der Waals surface area contributed by atoms with Crippen LogP contribution in [0.25, 0.3) is 0 Å². The Morgan fingerprint density at radius 2 is 2.05 bits per heavy atom. The molecule has 0 aliphatic carbocycles. The highest BCUT2D eigenvalue weighted by atomic mass is 32.2. The number of nitrogens with zero attached hydrogens (tertiary/aromatic N) is 1. The fourth-order valence-electron chi connectivity index (χ4n) is 2.39. The third-order valence-corrected chi connectivity index (χ3v) is 7.25. The van der Waals surface area contributed by atoms with E-state index in [9.17, 15) is 0 Å². The van der Waals surface area contributed by atoms with Gasteiger partial charge in [0.25, 0.3) is 0 Å². The minimum Gasteiger partial charge on any atom is -0.313 e. The molecule has 106 valence electrons. The molecule has 4 heteroatoms. The van der Waals surface area contributed by atoms with E-state index in [1.54, 1.807) is 0 Å². The van der Waals surface area contributed by atoms with Crippen molar-refractivity contribution < 1.29 is 0 Å². The second-order valence-corrected chi connectivity index (χ2v) is 8.17. The predicted octanol–water partition coefficient (Wildman–Crippen LogP) is 3.23. The summed E-state index contributed by atoms with van der Waals surface area (Å²) in [5.41, 5.74) is 1.39. The summed E-state index contributed by atoms with van der Waals surface area (Å²) in [6, 6.07) is 4.84. The summed E-state index contributed by atoms with van der Waals surface area (Å²) in [5, 5.41) is 5.93. The second-order valence-electron chi connectivity index (χ2n) is 5.14. The molecule has 1 saturated heterocycles. The largest absolute Gasteiger partial charge is 0.313 e. The van der Waals surface area contributed by atoms with Crippen LogP contribution < -0.4 is 5.32 Å². The molecular formula is C15H24N2S2. The molecule has 2 heterocycles. The van der Waals surface area contributed by atoms with Crippen LogP contribution in [0, 0.1) is 0 Å². The van der Waals surface area contributed by atoms with Crippen LogP contribution in [0.4, 0.5) is 0 Å². The summed E-state index contributed by atoms with van der Waals surface area (Å²) in [6.07, 6.45) is 4.90. The number of likely N-dealkylation sites (N-methyl/N-ethyl adjacent to an activating group) is 1. The van der Waals surface area contributed by atoms with Gasteiger partial charge in [-0.15, -0.1) is 0 Å². The van der Waals surface area contributed by atoms with Gasteiger partial charge in [0.1, 0.15) is 0 Å². The fraction of sp³-hybridized carbons (Fsp3) is 0.667. The number of rotatable bonds is 5. The Balaban J connectivity index is 1.99.